The summed E-state index contributed by atoms with van der Waals surface area (Å²) in [7, 11) is 0. The first-order chi connectivity index (χ1) is 11.5. The maximum atomic E-state index is 13.0. The summed E-state index contributed by atoms with van der Waals surface area (Å²) in [6.07, 6.45) is 0.940. The van der Waals surface area contributed by atoms with Gasteiger partial charge in [-0.2, -0.15) is 0 Å². The van der Waals surface area contributed by atoms with Crippen LogP contribution < -0.4 is 10.9 Å². The SMILES string of the molecule is O=C(CN1CCc2sccc2C1)NNC(=O)c1ccc(F)cc1Br. The van der Waals surface area contributed by atoms with E-state index in [4.69, 9.17) is 0 Å². The maximum Gasteiger partial charge on any atom is 0.270 e. The van der Waals surface area contributed by atoms with Gasteiger partial charge in [0.1, 0.15) is 5.82 Å². The lowest BCUT2D eigenvalue weighted by Crippen LogP contribution is -2.47. The molecule has 0 aliphatic carbocycles. The number of halogens is 2. The number of hydrazine groups is 1. The number of thiophene rings is 1. The van der Waals surface area contributed by atoms with Gasteiger partial charge in [0.2, 0.25) is 0 Å². The molecule has 24 heavy (non-hydrogen) atoms. The molecule has 0 saturated heterocycles. The Kier molecular flexibility index (Phi) is 5.27. The molecule has 0 saturated carbocycles. The average Bonchev–Trinajstić information content (AvgIpc) is 3.00. The van der Waals surface area contributed by atoms with E-state index in [0.717, 1.165) is 19.5 Å². The summed E-state index contributed by atoms with van der Waals surface area (Å²) in [5.74, 6) is -1.24. The topological polar surface area (TPSA) is 61.4 Å². The fourth-order valence-electron chi connectivity index (χ4n) is 2.55. The van der Waals surface area contributed by atoms with Crippen LogP contribution in [0.15, 0.2) is 34.1 Å². The molecule has 1 aromatic carbocycles. The predicted molar refractivity (Wildman–Crippen MR) is 93.0 cm³/mol. The molecule has 0 unspecified atom stereocenters. The number of carbonyl (C=O) groups is 2. The summed E-state index contributed by atoms with van der Waals surface area (Å²) in [5.41, 5.74) is 6.25. The van der Waals surface area contributed by atoms with Gasteiger partial charge in [-0.05, 0) is 57.6 Å². The van der Waals surface area contributed by atoms with E-state index in [1.165, 1.54) is 28.6 Å². The van der Waals surface area contributed by atoms with Crippen molar-refractivity contribution in [3.05, 3.63) is 55.9 Å². The van der Waals surface area contributed by atoms with Gasteiger partial charge in [-0.15, -0.1) is 11.3 Å². The van der Waals surface area contributed by atoms with Crippen molar-refractivity contribution in [2.24, 2.45) is 0 Å². The molecule has 3 rings (SSSR count). The predicted octanol–water partition coefficient (Wildman–Crippen LogP) is 2.47. The monoisotopic (exact) mass is 411 g/mol. The molecular formula is C16H15BrFN3O2S. The molecule has 126 valence electrons. The first-order valence-electron chi connectivity index (χ1n) is 7.35. The van der Waals surface area contributed by atoms with Crippen LogP contribution in [0, 0.1) is 5.82 Å². The second-order valence-electron chi connectivity index (χ2n) is 5.46. The van der Waals surface area contributed by atoms with Crippen LogP contribution in [-0.4, -0.2) is 29.8 Å². The van der Waals surface area contributed by atoms with E-state index in [1.807, 2.05) is 4.90 Å². The summed E-state index contributed by atoms with van der Waals surface area (Å²) in [6.45, 7) is 1.77. The highest BCUT2D eigenvalue weighted by molar-refractivity contribution is 9.10. The molecule has 2 heterocycles. The van der Waals surface area contributed by atoms with Crippen LogP contribution in [0.2, 0.25) is 0 Å². The molecule has 0 atom stereocenters. The van der Waals surface area contributed by atoms with Gasteiger partial charge >= 0.3 is 0 Å². The van der Waals surface area contributed by atoms with Gasteiger partial charge in [-0.1, -0.05) is 0 Å². The number of carbonyl (C=O) groups excluding carboxylic acids is 2. The minimum absolute atomic E-state index is 0.208. The van der Waals surface area contributed by atoms with Crippen molar-refractivity contribution in [1.82, 2.24) is 15.8 Å². The van der Waals surface area contributed by atoms with Crippen molar-refractivity contribution in [2.45, 2.75) is 13.0 Å². The Morgan fingerprint density at radius 2 is 2.12 bits per heavy atom. The number of fused-ring (bicyclic) bond motifs is 1. The quantitative estimate of drug-likeness (QED) is 0.762. The number of nitrogens with one attached hydrogen (secondary N) is 2. The van der Waals surface area contributed by atoms with Crippen molar-refractivity contribution >= 4 is 39.1 Å². The summed E-state index contributed by atoms with van der Waals surface area (Å²) in [5, 5.41) is 2.06. The van der Waals surface area contributed by atoms with Crippen molar-refractivity contribution in [3.8, 4) is 0 Å². The molecule has 1 aliphatic heterocycles. The highest BCUT2D eigenvalue weighted by Crippen LogP contribution is 2.23. The lowest BCUT2D eigenvalue weighted by Gasteiger charge is -2.26. The number of hydrogen-bond acceptors (Lipinski definition) is 4. The standard InChI is InChI=1S/C16H15BrFN3O2S/c17-13-7-11(18)1-2-12(13)16(23)20-19-15(22)9-21-5-3-14-10(8-21)4-6-24-14/h1-2,4,6-7H,3,5,8-9H2,(H,19,22)(H,20,23). The molecule has 2 amide bonds. The summed E-state index contributed by atoms with van der Waals surface area (Å²) in [6, 6.07) is 5.82. The Labute approximate surface area is 150 Å². The fraction of sp³-hybridized carbons (Fsp3) is 0.250. The summed E-state index contributed by atoms with van der Waals surface area (Å²) in [4.78, 5) is 27.4. The van der Waals surface area contributed by atoms with Gasteiger partial charge in [-0.25, -0.2) is 4.39 Å². The van der Waals surface area contributed by atoms with Crippen molar-refractivity contribution < 1.29 is 14.0 Å². The van der Waals surface area contributed by atoms with E-state index >= 15 is 0 Å². The Morgan fingerprint density at radius 3 is 2.92 bits per heavy atom. The van der Waals surface area contributed by atoms with E-state index in [1.54, 1.807) is 11.3 Å². The van der Waals surface area contributed by atoms with Crippen molar-refractivity contribution in [1.29, 1.82) is 0 Å². The highest BCUT2D eigenvalue weighted by Gasteiger charge is 2.19. The molecule has 0 radical (unpaired) electrons. The average molecular weight is 412 g/mol. The summed E-state index contributed by atoms with van der Waals surface area (Å²) < 4.78 is 13.4. The third-order valence-electron chi connectivity index (χ3n) is 3.75. The third kappa shape index (κ3) is 4.00. The molecule has 2 aromatic rings. The zero-order valence-electron chi connectivity index (χ0n) is 12.6. The number of rotatable bonds is 3. The van der Waals surface area contributed by atoms with Gasteiger partial charge in [0, 0.05) is 22.4 Å². The number of hydrogen-bond donors (Lipinski definition) is 2. The van der Waals surface area contributed by atoms with E-state index in [9.17, 15) is 14.0 Å². The normalized spacial score (nSPS) is 14.1. The van der Waals surface area contributed by atoms with Crippen LogP contribution in [-0.2, 0) is 17.8 Å². The molecular weight excluding hydrogens is 397 g/mol. The summed E-state index contributed by atoms with van der Waals surface area (Å²) >= 11 is 4.87. The van der Waals surface area contributed by atoms with Crippen LogP contribution >= 0.6 is 27.3 Å². The molecule has 8 heteroatoms. The molecule has 0 fully saturated rings. The van der Waals surface area contributed by atoms with E-state index in [-0.39, 0.29) is 18.0 Å². The largest absolute Gasteiger partial charge is 0.290 e. The number of nitrogens with zero attached hydrogens (tertiary/aromatic N) is 1. The van der Waals surface area contributed by atoms with Crippen LogP contribution in [0.25, 0.3) is 0 Å². The molecule has 2 N–H and O–H groups in total. The molecule has 1 aliphatic rings. The Balaban J connectivity index is 1.50. The third-order valence-corrected chi connectivity index (χ3v) is 5.42. The zero-order valence-corrected chi connectivity index (χ0v) is 15.0. The minimum atomic E-state index is -0.506. The minimum Gasteiger partial charge on any atom is -0.290 e. The Hall–Kier alpha value is -1.77. The molecule has 0 bridgehead atoms. The second-order valence-corrected chi connectivity index (χ2v) is 7.31. The Morgan fingerprint density at radius 1 is 1.29 bits per heavy atom. The highest BCUT2D eigenvalue weighted by atomic mass is 79.9. The fourth-order valence-corrected chi connectivity index (χ4v) is 3.97. The van der Waals surface area contributed by atoms with Gasteiger partial charge < -0.3 is 0 Å². The first kappa shape index (κ1) is 17.1. The number of amides is 2. The first-order valence-corrected chi connectivity index (χ1v) is 9.02. The van der Waals surface area contributed by atoms with Crippen LogP contribution in [0.1, 0.15) is 20.8 Å². The van der Waals surface area contributed by atoms with Gasteiger partial charge in [0.15, 0.2) is 0 Å². The molecule has 0 spiro atoms. The second kappa shape index (κ2) is 7.42. The van der Waals surface area contributed by atoms with Crippen LogP contribution in [0.4, 0.5) is 4.39 Å². The van der Waals surface area contributed by atoms with Crippen molar-refractivity contribution in [2.75, 3.05) is 13.1 Å². The molecule has 1 aromatic heterocycles. The lowest BCUT2D eigenvalue weighted by molar-refractivity contribution is -0.123. The molecule has 5 nitrogen and oxygen atoms in total. The smallest absolute Gasteiger partial charge is 0.270 e. The van der Waals surface area contributed by atoms with Gasteiger partial charge in [0.05, 0.1) is 12.1 Å². The van der Waals surface area contributed by atoms with E-state index in [0.29, 0.717) is 4.47 Å². The van der Waals surface area contributed by atoms with Gasteiger partial charge in [0.25, 0.3) is 11.8 Å². The Bertz CT molecular complexity index is 780. The number of benzene rings is 1. The zero-order chi connectivity index (χ0) is 17.1. The van der Waals surface area contributed by atoms with Gasteiger partial charge in [-0.3, -0.25) is 25.3 Å². The van der Waals surface area contributed by atoms with E-state index in [2.05, 4.69) is 38.2 Å². The van der Waals surface area contributed by atoms with Crippen LogP contribution in [0.5, 0.6) is 0 Å². The van der Waals surface area contributed by atoms with Crippen molar-refractivity contribution in [3.63, 3.8) is 0 Å². The maximum absolute atomic E-state index is 13.0. The van der Waals surface area contributed by atoms with E-state index < -0.39 is 11.7 Å². The van der Waals surface area contributed by atoms with Crippen LogP contribution in [0.3, 0.4) is 0 Å². The lowest BCUT2D eigenvalue weighted by atomic mass is 10.1.